The molecule has 0 N–H and O–H groups in total. The summed E-state index contributed by atoms with van der Waals surface area (Å²) < 4.78 is 25.4. The molecule has 0 bridgehead atoms. The Morgan fingerprint density at radius 2 is 1.84 bits per heavy atom. The molecule has 1 aliphatic rings. The number of carbonyl (C=O) groups excluding carboxylic acids is 1. The van der Waals surface area contributed by atoms with Gasteiger partial charge in [-0.2, -0.15) is 0 Å². The monoisotopic (exact) mass is 696 g/mol. The fraction of sp³-hybridized carbons (Fsp3) is 0.242. The van der Waals surface area contributed by atoms with Crippen LogP contribution in [0.3, 0.4) is 0 Å². The Labute approximate surface area is 272 Å². The Bertz CT molecular complexity index is 1920. The molecule has 228 valence electrons. The number of halogens is 2. The highest BCUT2D eigenvalue weighted by molar-refractivity contribution is 9.10. The summed E-state index contributed by atoms with van der Waals surface area (Å²) in [6.45, 7) is 6.36. The lowest BCUT2D eigenvalue weighted by Gasteiger charge is -2.26. The van der Waals surface area contributed by atoms with Crippen LogP contribution in [0.15, 0.2) is 86.2 Å². The van der Waals surface area contributed by atoms with Gasteiger partial charge in [0.05, 0.1) is 42.2 Å². The van der Waals surface area contributed by atoms with Gasteiger partial charge in [0.25, 0.3) is 5.56 Å². The van der Waals surface area contributed by atoms with Crippen LogP contribution in [0.2, 0.25) is 5.02 Å². The first-order valence-corrected chi connectivity index (χ1v) is 15.9. The van der Waals surface area contributed by atoms with Gasteiger partial charge in [0, 0.05) is 9.50 Å². The van der Waals surface area contributed by atoms with Crippen LogP contribution in [0.4, 0.5) is 0 Å². The van der Waals surface area contributed by atoms with Crippen molar-refractivity contribution in [3.05, 3.63) is 118 Å². The van der Waals surface area contributed by atoms with Gasteiger partial charge in [-0.3, -0.25) is 9.36 Å². The summed E-state index contributed by atoms with van der Waals surface area (Å²) in [5, 5.41) is 0.665. The highest BCUT2D eigenvalue weighted by Gasteiger charge is 2.35. The second-order valence-corrected chi connectivity index (χ2v) is 12.0. The minimum atomic E-state index is -0.819. The molecule has 0 saturated heterocycles. The lowest BCUT2D eigenvalue weighted by Crippen LogP contribution is -2.40. The molecule has 11 heteroatoms. The fourth-order valence-corrected chi connectivity index (χ4v) is 6.58. The zero-order valence-electron chi connectivity index (χ0n) is 24.6. The molecule has 0 amide bonds. The van der Waals surface area contributed by atoms with Gasteiger partial charge >= 0.3 is 5.97 Å². The van der Waals surface area contributed by atoms with Crippen molar-refractivity contribution in [2.24, 2.45) is 4.99 Å². The van der Waals surface area contributed by atoms with Gasteiger partial charge in [0.1, 0.15) is 12.4 Å². The van der Waals surface area contributed by atoms with Gasteiger partial charge in [-0.05, 0) is 79.9 Å². The number of esters is 1. The zero-order valence-corrected chi connectivity index (χ0v) is 27.7. The molecule has 44 heavy (non-hydrogen) atoms. The predicted molar refractivity (Wildman–Crippen MR) is 174 cm³/mol. The molecule has 3 aromatic carbocycles. The third-order valence-electron chi connectivity index (χ3n) is 6.87. The topological polar surface area (TPSA) is 88.4 Å². The van der Waals surface area contributed by atoms with E-state index in [1.165, 1.54) is 15.9 Å². The molecular weight excluding hydrogens is 668 g/mol. The summed E-state index contributed by atoms with van der Waals surface area (Å²) >= 11 is 10.9. The summed E-state index contributed by atoms with van der Waals surface area (Å²) in [4.78, 5) is 32.5. The number of ether oxygens (including phenoxy) is 4. The molecule has 1 aromatic heterocycles. The number of thiazole rings is 1. The van der Waals surface area contributed by atoms with Crippen LogP contribution in [0.5, 0.6) is 17.2 Å². The molecule has 1 atom stereocenters. The SMILES string of the molecule is CCOC(=O)C1=C(C)N=c2s/c(=C/c3cccc(OCc4ccc(Cl)cc4)c3)c(=O)n2[C@H]1c1cc(OC)c(OCC)cc1Br. The van der Waals surface area contributed by atoms with Gasteiger partial charge < -0.3 is 18.9 Å². The van der Waals surface area contributed by atoms with Crippen LogP contribution >= 0.6 is 38.9 Å². The first-order chi connectivity index (χ1) is 21.2. The maximum atomic E-state index is 14.1. The Morgan fingerprint density at radius 1 is 1.07 bits per heavy atom. The summed E-state index contributed by atoms with van der Waals surface area (Å²) in [6, 6.07) is 17.7. The lowest BCUT2D eigenvalue weighted by atomic mass is 9.95. The van der Waals surface area contributed by atoms with Crippen molar-refractivity contribution >= 4 is 50.9 Å². The summed E-state index contributed by atoms with van der Waals surface area (Å²) in [7, 11) is 1.54. The van der Waals surface area contributed by atoms with Crippen molar-refractivity contribution in [1.82, 2.24) is 4.57 Å². The third-order valence-corrected chi connectivity index (χ3v) is 8.79. The van der Waals surface area contributed by atoms with Gasteiger partial charge in [0.2, 0.25) is 0 Å². The second kappa shape index (κ2) is 13.8. The van der Waals surface area contributed by atoms with Gasteiger partial charge in [-0.1, -0.05) is 63.1 Å². The molecule has 0 saturated carbocycles. The number of allylic oxidation sites excluding steroid dienone is 1. The number of aromatic nitrogens is 1. The van der Waals surface area contributed by atoms with Crippen molar-refractivity contribution in [2.45, 2.75) is 33.4 Å². The highest BCUT2D eigenvalue weighted by atomic mass is 79.9. The van der Waals surface area contributed by atoms with E-state index in [0.717, 1.165) is 11.1 Å². The van der Waals surface area contributed by atoms with Crippen LogP contribution < -0.4 is 29.1 Å². The smallest absolute Gasteiger partial charge is 0.338 e. The standard InChI is InChI=1S/C33H30BrClN2O6S/c1-5-41-27-17-25(34)24(16-26(27)40-4)30-29(32(39)42-6-2)19(3)36-33-37(30)31(38)28(44-33)15-21-8-7-9-23(14-21)43-18-20-10-12-22(35)13-11-20/h7-17,30H,5-6,18H2,1-4H3/b28-15+/t30-/m0/s1. The predicted octanol–water partition coefficient (Wildman–Crippen LogP) is 6.20. The van der Waals surface area contributed by atoms with E-state index in [0.29, 0.717) is 60.6 Å². The van der Waals surface area contributed by atoms with E-state index in [9.17, 15) is 9.59 Å². The minimum absolute atomic E-state index is 0.178. The van der Waals surface area contributed by atoms with E-state index in [1.807, 2.05) is 55.5 Å². The zero-order chi connectivity index (χ0) is 31.4. The Kier molecular flexibility index (Phi) is 9.93. The maximum Gasteiger partial charge on any atom is 0.338 e. The molecular formula is C33H30BrClN2O6S. The van der Waals surface area contributed by atoms with E-state index in [1.54, 1.807) is 39.2 Å². The van der Waals surface area contributed by atoms with Crippen LogP contribution in [0.25, 0.3) is 6.08 Å². The number of fused-ring (bicyclic) bond motifs is 1. The molecule has 0 radical (unpaired) electrons. The largest absolute Gasteiger partial charge is 0.493 e. The second-order valence-electron chi connectivity index (χ2n) is 9.75. The average molecular weight is 698 g/mol. The van der Waals surface area contributed by atoms with Crippen molar-refractivity contribution in [1.29, 1.82) is 0 Å². The van der Waals surface area contributed by atoms with Crippen molar-refractivity contribution in [2.75, 3.05) is 20.3 Å². The van der Waals surface area contributed by atoms with E-state index in [-0.39, 0.29) is 17.7 Å². The fourth-order valence-electron chi connectivity index (χ4n) is 4.87. The number of carbonyl (C=O) groups is 1. The number of hydrogen-bond acceptors (Lipinski definition) is 8. The summed E-state index contributed by atoms with van der Waals surface area (Å²) in [6.07, 6.45) is 1.80. The molecule has 0 fully saturated rings. The van der Waals surface area contributed by atoms with Crippen molar-refractivity contribution in [3.8, 4) is 17.2 Å². The molecule has 4 aromatic rings. The number of rotatable bonds is 10. The highest BCUT2D eigenvalue weighted by Crippen LogP contribution is 2.41. The minimum Gasteiger partial charge on any atom is -0.493 e. The Morgan fingerprint density at radius 3 is 2.55 bits per heavy atom. The van der Waals surface area contributed by atoms with Crippen LogP contribution in [0, 0.1) is 0 Å². The quantitative estimate of drug-likeness (QED) is 0.184. The number of methoxy groups -OCH3 is 1. The number of hydrogen-bond donors (Lipinski definition) is 0. The average Bonchev–Trinajstić information content (AvgIpc) is 3.30. The Hall–Kier alpha value is -3.86. The number of nitrogens with zero attached hydrogens (tertiary/aromatic N) is 2. The third kappa shape index (κ3) is 6.62. The first-order valence-electron chi connectivity index (χ1n) is 13.9. The molecule has 0 unspecified atom stereocenters. The molecule has 2 heterocycles. The van der Waals surface area contributed by atoms with E-state index in [4.69, 9.17) is 30.5 Å². The molecule has 0 spiro atoms. The van der Waals surface area contributed by atoms with Gasteiger partial charge in [0.15, 0.2) is 16.3 Å². The number of benzene rings is 3. The van der Waals surface area contributed by atoms with E-state index in [2.05, 4.69) is 20.9 Å². The van der Waals surface area contributed by atoms with Crippen molar-refractivity contribution < 1.29 is 23.7 Å². The maximum absolute atomic E-state index is 14.1. The molecule has 0 aliphatic carbocycles. The summed E-state index contributed by atoms with van der Waals surface area (Å²) in [5.74, 6) is 1.12. The Balaban J connectivity index is 1.59. The lowest BCUT2D eigenvalue weighted by molar-refractivity contribution is -0.139. The van der Waals surface area contributed by atoms with Gasteiger partial charge in [-0.15, -0.1) is 0 Å². The van der Waals surface area contributed by atoms with Crippen LogP contribution in [-0.2, 0) is 16.1 Å². The van der Waals surface area contributed by atoms with E-state index >= 15 is 0 Å². The molecule has 8 nitrogen and oxygen atoms in total. The van der Waals surface area contributed by atoms with E-state index < -0.39 is 12.0 Å². The molecule has 5 rings (SSSR count). The first kappa shape index (κ1) is 31.6. The van der Waals surface area contributed by atoms with Crippen LogP contribution in [0.1, 0.15) is 43.5 Å². The van der Waals surface area contributed by atoms with Crippen LogP contribution in [-0.4, -0.2) is 30.9 Å². The van der Waals surface area contributed by atoms with Gasteiger partial charge in [-0.25, -0.2) is 9.79 Å². The normalized spacial score (nSPS) is 14.6. The molecule has 1 aliphatic heterocycles. The van der Waals surface area contributed by atoms with Crippen molar-refractivity contribution in [3.63, 3.8) is 0 Å². The summed E-state index contributed by atoms with van der Waals surface area (Å²) in [5.41, 5.74) is 2.85.